The van der Waals surface area contributed by atoms with Crippen molar-refractivity contribution < 1.29 is 19.1 Å². The summed E-state index contributed by atoms with van der Waals surface area (Å²) in [5.74, 6) is -0.649. The zero-order chi connectivity index (χ0) is 17.0. The fourth-order valence-electron chi connectivity index (χ4n) is 2.39. The van der Waals surface area contributed by atoms with Crippen LogP contribution < -0.4 is 16.0 Å². The zero-order valence-corrected chi connectivity index (χ0v) is 13.2. The summed E-state index contributed by atoms with van der Waals surface area (Å²) >= 11 is 0. The molecule has 3 N–H and O–H groups in total. The molecule has 3 amide bonds. The fraction of sp³-hybridized carbons (Fsp3) is 0.312. The number of amides is 3. The molecule has 0 fully saturated rings. The average molecular weight is 317 g/mol. The predicted molar refractivity (Wildman–Crippen MR) is 84.5 cm³/mol. The summed E-state index contributed by atoms with van der Waals surface area (Å²) in [6.07, 6.45) is 0. The molecule has 1 aliphatic heterocycles. The zero-order valence-electron chi connectivity index (χ0n) is 13.2. The minimum absolute atomic E-state index is 0.170. The van der Waals surface area contributed by atoms with Gasteiger partial charge in [-0.1, -0.05) is 12.1 Å². The Labute approximate surface area is 134 Å². The van der Waals surface area contributed by atoms with Gasteiger partial charge in [-0.3, -0.25) is 4.79 Å². The van der Waals surface area contributed by atoms with Crippen molar-refractivity contribution >= 4 is 23.6 Å². The third-order valence-corrected chi connectivity index (χ3v) is 3.33. The minimum Gasteiger partial charge on any atom is -0.463 e. The van der Waals surface area contributed by atoms with Gasteiger partial charge >= 0.3 is 12.0 Å². The molecule has 23 heavy (non-hydrogen) atoms. The number of ether oxygens (including phenoxy) is 1. The van der Waals surface area contributed by atoms with Gasteiger partial charge in [-0.15, -0.1) is 0 Å². The molecular weight excluding hydrogens is 298 g/mol. The molecule has 0 unspecified atom stereocenters. The Bertz CT molecular complexity index is 664. The van der Waals surface area contributed by atoms with E-state index in [-0.39, 0.29) is 18.5 Å². The number of carbonyl (C=O) groups excluding carboxylic acids is 3. The van der Waals surface area contributed by atoms with Crippen LogP contribution in [-0.4, -0.2) is 24.5 Å². The van der Waals surface area contributed by atoms with Crippen LogP contribution >= 0.6 is 0 Å². The number of rotatable bonds is 4. The van der Waals surface area contributed by atoms with Crippen LogP contribution in [0.15, 0.2) is 35.5 Å². The summed E-state index contributed by atoms with van der Waals surface area (Å²) in [5.41, 5.74) is 2.18. The number of hydrogen-bond acceptors (Lipinski definition) is 4. The molecule has 1 aromatic carbocycles. The number of urea groups is 1. The Morgan fingerprint density at radius 3 is 2.48 bits per heavy atom. The van der Waals surface area contributed by atoms with Crippen molar-refractivity contribution in [1.82, 2.24) is 10.6 Å². The van der Waals surface area contributed by atoms with E-state index in [1.807, 2.05) is 0 Å². The van der Waals surface area contributed by atoms with Gasteiger partial charge in [-0.25, -0.2) is 9.59 Å². The van der Waals surface area contributed by atoms with Crippen molar-refractivity contribution in [2.24, 2.45) is 0 Å². The van der Waals surface area contributed by atoms with Crippen LogP contribution in [0.1, 0.15) is 32.4 Å². The number of nitrogens with one attached hydrogen (secondary N) is 3. The summed E-state index contributed by atoms with van der Waals surface area (Å²) in [7, 11) is 0. The van der Waals surface area contributed by atoms with Gasteiger partial charge in [0.25, 0.3) is 0 Å². The van der Waals surface area contributed by atoms with E-state index < -0.39 is 12.0 Å². The topological polar surface area (TPSA) is 96.5 Å². The number of esters is 1. The first-order valence-electron chi connectivity index (χ1n) is 7.25. The lowest BCUT2D eigenvalue weighted by Crippen LogP contribution is -2.45. The first-order chi connectivity index (χ1) is 10.9. The van der Waals surface area contributed by atoms with Crippen LogP contribution in [0.5, 0.6) is 0 Å². The first-order valence-corrected chi connectivity index (χ1v) is 7.25. The maximum Gasteiger partial charge on any atom is 0.338 e. The van der Waals surface area contributed by atoms with E-state index in [1.165, 1.54) is 6.92 Å². The highest BCUT2D eigenvalue weighted by atomic mass is 16.5. The average Bonchev–Trinajstić information content (AvgIpc) is 2.46. The van der Waals surface area contributed by atoms with Crippen LogP contribution in [0.25, 0.3) is 0 Å². The quantitative estimate of drug-likeness (QED) is 0.738. The molecule has 2 rings (SSSR count). The first kappa shape index (κ1) is 16.5. The second kappa shape index (κ2) is 6.95. The number of anilines is 1. The standard InChI is InChI=1S/C16H19N3O4/c1-4-23-15(21)13-9(2)17-16(22)19-14(13)11-5-7-12(8-6-11)18-10(3)20/h5-8,14H,4H2,1-3H3,(H,18,20)(H2,17,19,22)/t14-/m1/s1. The van der Waals surface area contributed by atoms with Crippen molar-refractivity contribution in [1.29, 1.82) is 0 Å². The smallest absolute Gasteiger partial charge is 0.338 e. The van der Waals surface area contributed by atoms with Crippen LogP contribution in [0, 0.1) is 0 Å². The van der Waals surface area contributed by atoms with Gasteiger partial charge < -0.3 is 20.7 Å². The van der Waals surface area contributed by atoms with E-state index >= 15 is 0 Å². The molecule has 1 atom stereocenters. The molecule has 0 radical (unpaired) electrons. The molecule has 1 aromatic rings. The number of benzene rings is 1. The van der Waals surface area contributed by atoms with Gasteiger partial charge in [0.05, 0.1) is 18.2 Å². The second-order valence-electron chi connectivity index (χ2n) is 5.09. The molecule has 7 heteroatoms. The lowest BCUT2D eigenvalue weighted by atomic mass is 9.95. The molecule has 0 saturated heterocycles. The van der Waals surface area contributed by atoms with Crippen LogP contribution in [0.3, 0.4) is 0 Å². The third-order valence-electron chi connectivity index (χ3n) is 3.33. The SMILES string of the molecule is CCOC(=O)C1=C(C)NC(=O)N[C@@H]1c1ccc(NC(C)=O)cc1. The Balaban J connectivity index is 2.34. The number of allylic oxidation sites excluding steroid dienone is 1. The molecule has 1 aliphatic rings. The number of carbonyl (C=O) groups is 3. The molecule has 0 bridgehead atoms. The van der Waals surface area contributed by atoms with Crippen molar-refractivity contribution in [2.75, 3.05) is 11.9 Å². The van der Waals surface area contributed by atoms with E-state index in [2.05, 4.69) is 16.0 Å². The van der Waals surface area contributed by atoms with Crippen LogP contribution in [-0.2, 0) is 14.3 Å². The highest BCUT2D eigenvalue weighted by Gasteiger charge is 2.31. The molecule has 0 spiro atoms. The van der Waals surface area contributed by atoms with E-state index in [0.717, 1.165) is 5.56 Å². The van der Waals surface area contributed by atoms with Gasteiger partial charge in [0.1, 0.15) is 0 Å². The molecule has 1 heterocycles. The normalized spacial score (nSPS) is 17.2. The number of hydrogen-bond donors (Lipinski definition) is 3. The molecule has 7 nitrogen and oxygen atoms in total. The van der Waals surface area contributed by atoms with Crippen molar-refractivity contribution in [3.05, 3.63) is 41.1 Å². The fourth-order valence-corrected chi connectivity index (χ4v) is 2.39. The molecular formula is C16H19N3O4. The summed E-state index contributed by atoms with van der Waals surface area (Å²) < 4.78 is 5.07. The maximum atomic E-state index is 12.2. The van der Waals surface area contributed by atoms with Crippen molar-refractivity contribution in [2.45, 2.75) is 26.8 Å². The summed E-state index contributed by atoms with van der Waals surface area (Å²) in [6.45, 7) is 5.05. The minimum atomic E-state index is -0.603. The van der Waals surface area contributed by atoms with Gasteiger partial charge in [0.15, 0.2) is 0 Å². The Morgan fingerprint density at radius 2 is 1.91 bits per heavy atom. The third kappa shape index (κ3) is 3.88. The van der Waals surface area contributed by atoms with E-state index in [0.29, 0.717) is 17.0 Å². The van der Waals surface area contributed by atoms with Gasteiger partial charge in [0.2, 0.25) is 5.91 Å². The predicted octanol–water partition coefficient (Wildman–Crippen LogP) is 1.84. The Morgan fingerprint density at radius 1 is 1.26 bits per heavy atom. The summed E-state index contributed by atoms with van der Waals surface area (Å²) in [5, 5.41) is 7.96. The Hall–Kier alpha value is -2.83. The van der Waals surface area contributed by atoms with Gasteiger partial charge in [-0.2, -0.15) is 0 Å². The van der Waals surface area contributed by atoms with Crippen LogP contribution in [0.4, 0.5) is 10.5 Å². The van der Waals surface area contributed by atoms with Gasteiger partial charge in [-0.05, 0) is 31.5 Å². The second-order valence-corrected chi connectivity index (χ2v) is 5.09. The molecule has 0 aromatic heterocycles. The monoisotopic (exact) mass is 317 g/mol. The summed E-state index contributed by atoms with van der Waals surface area (Å²) in [4.78, 5) is 35.0. The van der Waals surface area contributed by atoms with Gasteiger partial charge in [0, 0.05) is 18.3 Å². The molecule has 0 saturated carbocycles. The van der Waals surface area contributed by atoms with E-state index in [4.69, 9.17) is 4.74 Å². The summed E-state index contributed by atoms with van der Waals surface area (Å²) in [6, 6.07) is 5.93. The highest BCUT2D eigenvalue weighted by molar-refractivity contribution is 5.95. The highest BCUT2D eigenvalue weighted by Crippen LogP contribution is 2.28. The van der Waals surface area contributed by atoms with E-state index in [9.17, 15) is 14.4 Å². The van der Waals surface area contributed by atoms with E-state index in [1.54, 1.807) is 38.1 Å². The largest absolute Gasteiger partial charge is 0.463 e. The molecule has 0 aliphatic carbocycles. The lowest BCUT2D eigenvalue weighted by molar-refractivity contribution is -0.139. The van der Waals surface area contributed by atoms with Crippen LogP contribution in [0.2, 0.25) is 0 Å². The van der Waals surface area contributed by atoms with Crippen molar-refractivity contribution in [3.63, 3.8) is 0 Å². The van der Waals surface area contributed by atoms with Crippen molar-refractivity contribution in [3.8, 4) is 0 Å². The lowest BCUT2D eigenvalue weighted by Gasteiger charge is -2.28. The molecule has 122 valence electrons. The maximum absolute atomic E-state index is 12.2. The Kier molecular flexibility index (Phi) is 5.00.